The molecule has 3 rings (SSSR count). The van der Waals surface area contributed by atoms with Crippen molar-refractivity contribution in [1.29, 1.82) is 0 Å². The van der Waals surface area contributed by atoms with Gasteiger partial charge < -0.3 is 9.64 Å². The second-order valence-electron chi connectivity index (χ2n) is 6.26. The quantitative estimate of drug-likeness (QED) is 0.527. The van der Waals surface area contributed by atoms with Gasteiger partial charge in [-0.25, -0.2) is 4.79 Å². The van der Waals surface area contributed by atoms with Crippen molar-refractivity contribution < 1.29 is 14.3 Å². The molecule has 0 radical (unpaired) electrons. The van der Waals surface area contributed by atoms with E-state index in [9.17, 15) is 9.59 Å². The van der Waals surface area contributed by atoms with Crippen molar-refractivity contribution in [2.45, 2.75) is 13.3 Å². The van der Waals surface area contributed by atoms with Gasteiger partial charge in [0.1, 0.15) is 0 Å². The number of hydrogen-bond acceptors (Lipinski definition) is 3. The maximum Gasteiger partial charge on any atom is 0.340 e. The summed E-state index contributed by atoms with van der Waals surface area (Å²) in [6.07, 6.45) is 2.45. The van der Waals surface area contributed by atoms with Crippen LogP contribution in [0.5, 0.6) is 0 Å². The largest absolute Gasteiger partial charge is 0.465 e. The Balaban J connectivity index is 1.94. The molecule has 0 atom stereocenters. The highest BCUT2D eigenvalue weighted by molar-refractivity contribution is 9.10. The molecule has 1 heterocycles. The first kappa shape index (κ1) is 19.1. The Hall–Kier alpha value is -2.66. The lowest BCUT2D eigenvalue weighted by Crippen LogP contribution is -2.27. The van der Waals surface area contributed by atoms with Crippen LogP contribution in [0.15, 0.2) is 75.9 Å². The number of benzene rings is 2. The molecule has 0 aliphatic carbocycles. The molecule has 5 heteroatoms. The van der Waals surface area contributed by atoms with Crippen LogP contribution < -0.4 is 0 Å². The molecule has 0 aromatic heterocycles. The van der Waals surface area contributed by atoms with Crippen molar-refractivity contribution in [3.05, 3.63) is 87.0 Å². The smallest absolute Gasteiger partial charge is 0.340 e. The molecule has 1 aliphatic rings. The first-order valence-corrected chi connectivity index (χ1v) is 9.43. The number of methoxy groups -OCH3 is 1. The van der Waals surface area contributed by atoms with Gasteiger partial charge in [-0.05, 0) is 42.7 Å². The summed E-state index contributed by atoms with van der Waals surface area (Å²) >= 11 is 3.43. The van der Waals surface area contributed by atoms with Crippen LogP contribution in [0.2, 0.25) is 0 Å². The number of rotatable bonds is 5. The normalized spacial score (nSPS) is 15.6. The van der Waals surface area contributed by atoms with Crippen LogP contribution in [-0.4, -0.2) is 30.4 Å². The SMILES string of the molecule is COC(=O)C1=C(C)N(CCc2ccccc2)C(=O)/C1=C/c1cccc(Br)c1. The zero-order chi connectivity index (χ0) is 19.4. The topological polar surface area (TPSA) is 46.6 Å². The van der Waals surface area contributed by atoms with Crippen LogP contribution in [0.1, 0.15) is 18.1 Å². The second kappa shape index (κ2) is 8.35. The molecular weight excluding hydrogens is 406 g/mol. The molecule has 0 N–H and O–H groups in total. The van der Waals surface area contributed by atoms with Gasteiger partial charge in [-0.15, -0.1) is 0 Å². The third kappa shape index (κ3) is 4.19. The fraction of sp³-hybridized carbons (Fsp3) is 0.182. The van der Waals surface area contributed by atoms with E-state index in [1.165, 1.54) is 7.11 Å². The van der Waals surface area contributed by atoms with Gasteiger partial charge in [0.15, 0.2) is 0 Å². The summed E-state index contributed by atoms with van der Waals surface area (Å²) < 4.78 is 5.84. The Morgan fingerprint density at radius 2 is 1.89 bits per heavy atom. The summed E-state index contributed by atoms with van der Waals surface area (Å²) in [6, 6.07) is 17.6. The van der Waals surface area contributed by atoms with E-state index in [1.807, 2.05) is 54.6 Å². The zero-order valence-corrected chi connectivity index (χ0v) is 16.8. The molecule has 2 aromatic carbocycles. The minimum absolute atomic E-state index is 0.177. The summed E-state index contributed by atoms with van der Waals surface area (Å²) in [5, 5.41) is 0. The molecule has 0 saturated heterocycles. The first-order valence-electron chi connectivity index (χ1n) is 8.64. The van der Waals surface area contributed by atoms with Gasteiger partial charge in [0, 0.05) is 16.7 Å². The minimum Gasteiger partial charge on any atom is -0.465 e. The molecule has 4 nitrogen and oxygen atoms in total. The van der Waals surface area contributed by atoms with Crippen molar-refractivity contribution in [1.82, 2.24) is 4.90 Å². The second-order valence-corrected chi connectivity index (χ2v) is 7.17. The van der Waals surface area contributed by atoms with Crippen LogP contribution in [0.4, 0.5) is 0 Å². The maximum absolute atomic E-state index is 13.1. The van der Waals surface area contributed by atoms with E-state index < -0.39 is 5.97 Å². The number of nitrogens with zero attached hydrogens (tertiary/aromatic N) is 1. The van der Waals surface area contributed by atoms with Crippen molar-refractivity contribution in [2.75, 3.05) is 13.7 Å². The van der Waals surface area contributed by atoms with E-state index in [4.69, 9.17) is 4.74 Å². The van der Waals surface area contributed by atoms with E-state index in [-0.39, 0.29) is 5.91 Å². The number of carbonyl (C=O) groups excluding carboxylic acids is 2. The molecule has 0 saturated carbocycles. The van der Waals surface area contributed by atoms with Gasteiger partial charge in [-0.3, -0.25) is 4.79 Å². The third-order valence-electron chi connectivity index (χ3n) is 4.53. The molecule has 138 valence electrons. The molecule has 27 heavy (non-hydrogen) atoms. The van der Waals surface area contributed by atoms with E-state index >= 15 is 0 Å². The predicted molar refractivity (Wildman–Crippen MR) is 109 cm³/mol. The fourth-order valence-corrected chi connectivity index (χ4v) is 3.56. The van der Waals surface area contributed by atoms with Gasteiger partial charge in [0.25, 0.3) is 5.91 Å². The van der Waals surface area contributed by atoms with Crippen LogP contribution in [0.3, 0.4) is 0 Å². The number of allylic oxidation sites excluding steroid dienone is 1. The monoisotopic (exact) mass is 425 g/mol. The van der Waals surface area contributed by atoms with Gasteiger partial charge in [-0.1, -0.05) is 58.4 Å². The molecule has 0 unspecified atom stereocenters. The van der Waals surface area contributed by atoms with Gasteiger partial charge in [-0.2, -0.15) is 0 Å². The van der Waals surface area contributed by atoms with Crippen molar-refractivity contribution in [3.8, 4) is 0 Å². The number of ether oxygens (including phenoxy) is 1. The summed E-state index contributed by atoms with van der Waals surface area (Å²) in [5.74, 6) is -0.673. The Morgan fingerprint density at radius 3 is 2.56 bits per heavy atom. The van der Waals surface area contributed by atoms with Gasteiger partial charge >= 0.3 is 5.97 Å². The Labute approximate surface area is 167 Å². The number of amides is 1. The van der Waals surface area contributed by atoms with Crippen molar-refractivity contribution in [3.63, 3.8) is 0 Å². The molecule has 1 aliphatic heterocycles. The van der Waals surface area contributed by atoms with Crippen LogP contribution in [-0.2, 0) is 20.7 Å². The zero-order valence-electron chi connectivity index (χ0n) is 15.2. The molecule has 0 bridgehead atoms. The minimum atomic E-state index is -0.496. The molecular formula is C22H20BrNO3. The number of halogens is 1. The highest BCUT2D eigenvalue weighted by Gasteiger charge is 2.36. The highest BCUT2D eigenvalue weighted by atomic mass is 79.9. The Morgan fingerprint density at radius 1 is 1.15 bits per heavy atom. The van der Waals surface area contributed by atoms with E-state index in [0.29, 0.717) is 29.8 Å². The summed E-state index contributed by atoms with van der Waals surface area (Å²) in [6.45, 7) is 2.29. The molecule has 0 fully saturated rings. The number of esters is 1. The third-order valence-corrected chi connectivity index (χ3v) is 5.02. The highest BCUT2D eigenvalue weighted by Crippen LogP contribution is 2.32. The Kier molecular flexibility index (Phi) is 5.91. The standard InChI is InChI=1S/C22H20BrNO3/c1-15-20(22(26)27-2)19(14-17-9-6-10-18(23)13-17)21(25)24(15)12-11-16-7-4-3-5-8-16/h3-10,13-14H,11-12H2,1-2H3/b19-14+. The molecule has 0 spiro atoms. The van der Waals surface area contributed by atoms with Crippen molar-refractivity contribution >= 4 is 33.9 Å². The summed E-state index contributed by atoms with van der Waals surface area (Å²) in [5.41, 5.74) is 3.30. The summed E-state index contributed by atoms with van der Waals surface area (Å²) in [4.78, 5) is 27.1. The van der Waals surface area contributed by atoms with Crippen LogP contribution in [0.25, 0.3) is 6.08 Å². The van der Waals surface area contributed by atoms with E-state index in [0.717, 1.165) is 15.6 Å². The average Bonchev–Trinajstić information content (AvgIpc) is 2.90. The van der Waals surface area contributed by atoms with Gasteiger partial charge in [0.2, 0.25) is 0 Å². The van der Waals surface area contributed by atoms with Crippen LogP contribution in [0, 0.1) is 0 Å². The predicted octanol–water partition coefficient (Wildman–Crippen LogP) is 4.36. The molecule has 1 amide bonds. The lowest BCUT2D eigenvalue weighted by molar-refractivity contribution is -0.136. The van der Waals surface area contributed by atoms with Crippen molar-refractivity contribution in [2.24, 2.45) is 0 Å². The lowest BCUT2D eigenvalue weighted by Gasteiger charge is -2.17. The maximum atomic E-state index is 13.1. The van der Waals surface area contributed by atoms with Gasteiger partial charge in [0.05, 0.1) is 18.3 Å². The average molecular weight is 426 g/mol. The summed E-state index contributed by atoms with van der Waals surface area (Å²) in [7, 11) is 1.33. The number of carbonyl (C=O) groups is 2. The Bertz CT molecular complexity index is 932. The number of hydrogen-bond donors (Lipinski definition) is 0. The van der Waals surface area contributed by atoms with Crippen LogP contribution >= 0.6 is 15.9 Å². The molecule has 2 aromatic rings. The fourth-order valence-electron chi connectivity index (χ4n) is 3.15. The first-order chi connectivity index (χ1) is 13.0. The van der Waals surface area contributed by atoms with E-state index in [1.54, 1.807) is 17.9 Å². The van der Waals surface area contributed by atoms with E-state index in [2.05, 4.69) is 15.9 Å². The lowest BCUT2D eigenvalue weighted by atomic mass is 10.0.